The Labute approximate surface area is 180 Å². The van der Waals surface area contributed by atoms with E-state index in [4.69, 9.17) is 19.7 Å². The summed E-state index contributed by atoms with van der Waals surface area (Å²) in [6.07, 6.45) is -2.14. The summed E-state index contributed by atoms with van der Waals surface area (Å²) >= 11 is 0. The molecule has 0 radical (unpaired) electrons. The lowest BCUT2D eigenvalue weighted by atomic mass is 10.1. The number of aliphatic carboxylic acids is 2. The molecule has 1 fully saturated rings. The monoisotopic (exact) mass is 457 g/mol. The number of aromatic nitrogens is 2. The number of alkyl halides is 3. The summed E-state index contributed by atoms with van der Waals surface area (Å²) in [5.41, 5.74) is 2.10. The molecule has 2 heterocycles. The fourth-order valence-electron chi connectivity index (χ4n) is 2.92. The zero-order chi connectivity index (χ0) is 23.9. The molecular weight excluding hydrogens is 435 g/mol. The number of carbonyl (C=O) groups is 3. The number of carboxylic acids is 2. The molecule has 1 aromatic heterocycles. The number of benzene rings is 1. The second-order valence-electron chi connectivity index (χ2n) is 6.97. The van der Waals surface area contributed by atoms with Crippen LogP contribution in [-0.4, -0.2) is 56.0 Å². The molecule has 0 unspecified atom stereocenters. The van der Waals surface area contributed by atoms with E-state index in [2.05, 4.69) is 14.9 Å². The highest BCUT2D eigenvalue weighted by Crippen LogP contribution is 2.20. The van der Waals surface area contributed by atoms with E-state index in [0.717, 1.165) is 23.5 Å². The van der Waals surface area contributed by atoms with Gasteiger partial charge in [0.1, 0.15) is 11.9 Å². The first-order valence-corrected chi connectivity index (χ1v) is 9.49. The van der Waals surface area contributed by atoms with Gasteiger partial charge in [-0.05, 0) is 30.9 Å². The van der Waals surface area contributed by atoms with E-state index in [1.807, 2.05) is 37.4 Å². The normalized spacial score (nSPS) is 17.9. The number of nitrogens with zero attached hydrogens (tertiary/aromatic N) is 2. The van der Waals surface area contributed by atoms with Crippen molar-refractivity contribution in [1.29, 1.82) is 0 Å². The number of hydrogen-bond donors (Lipinski definition) is 3. The van der Waals surface area contributed by atoms with Crippen molar-refractivity contribution in [2.24, 2.45) is 0 Å². The topological polar surface area (TPSA) is 131 Å². The first-order valence-electron chi connectivity index (χ1n) is 9.49. The quantitative estimate of drug-likeness (QED) is 0.606. The second-order valence-corrected chi connectivity index (χ2v) is 6.97. The van der Waals surface area contributed by atoms with Crippen molar-refractivity contribution in [3.05, 3.63) is 53.6 Å². The van der Waals surface area contributed by atoms with Gasteiger partial charge in [-0.25, -0.2) is 14.6 Å². The SMILES string of the molecule is Cc1nccn1Cc1cccc(CNC(=O)[C@H]2CC[C@@H](C(=O)O)O2)c1.O=C(O)C(F)(F)F. The number of hydrogen-bond acceptors (Lipinski definition) is 5. The average molecular weight is 457 g/mol. The van der Waals surface area contributed by atoms with Crippen molar-refractivity contribution in [1.82, 2.24) is 14.9 Å². The Balaban J connectivity index is 0.000000451. The zero-order valence-corrected chi connectivity index (χ0v) is 17.0. The van der Waals surface area contributed by atoms with E-state index < -0.39 is 30.3 Å². The number of carboxylic acid groups (broad SMARTS) is 2. The molecule has 1 aromatic carbocycles. The van der Waals surface area contributed by atoms with Crippen LogP contribution in [0.5, 0.6) is 0 Å². The van der Waals surface area contributed by atoms with Crippen LogP contribution in [0.2, 0.25) is 0 Å². The lowest BCUT2D eigenvalue weighted by molar-refractivity contribution is -0.192. The molecule has 0 saturated carbocycles. The van der Waals surface area contributed by atoms with Crippen molar-refractivity contribution in [3.8, 4) is 0 Å². The fourth-order valence-corrected chi connectivity index (χ4v) is 2.92. The van der Waals surface area contributed by atoms with Gasteiger partial charge in [-0.1, -0.05) is 24.3 Å². The summed E-state index contributed by atoms with van der Waals surface area (Å²) in [6, 6.07) is 7.97. The van der Waals surface area contributed by atoms with E-state index in [0.29, 0.717) is 19.4 Å². The van der Waals surface area contributed by atoms with Gasteiger partial charge in [0.05, 0.1) is 0 Å². The van der Waals surface area contributed by atoms with Crippen molar-refractivity contribution in [2.75, 3.05) is 0 Å². The molecule has 12 heteroatoms. The van der Waals surface area contributed by atoms with Crippen LogP contribution in [0.1, 0.15) is 29.8 Å². The molecule has 1 amide bonds. The van der Waals surface area contributed by atoms with Crippen LogP contribution in [-0.2, 0) is 32.2 Å². The second kappa shape index (κ2) is 10.8. The Morgan fingerprint density at radius 3 is 2.34 bits per heavy atom. The first-order chi connectivity index (χ1) is 15.0. The smallest absolute Gasteiger partial charge is 0.479 e. The number of amides is 1. The van der Waals surface area contributed by atoms with Crippen molar-refractivity contribution in [2.45, 2.75) is 51.2 Å². The Morgan fingerprint density at radius 1 is 1.19 bits per heavy atom. The fraction of sp³-hybridized carbons (Fsp3) is 0.400. The number of carbonyl (C=O) groups excluding carboxylic acids is 1. The summed E-state index contributed by atoms with van der Waals surface area (Å²) in [4.78, 5) is 36.1. The number of ether oxygens (including phenoxy) is 1. The minimum atomic E-state index is -5.08. The molecule has 1 aliphatic rings. The van der Waals surface area contributed by atoms with Crippen molar-refractivity contribution >= 4 is 17.8 Å². The van der Waals surface area contributed by atoms with Crippen LogP contribution < -0.4 is 5.32 Å². The molecule has 3 N–H and O–H groups in total. The van der Waals surface area contributed by atoms with Gasteiger partial charge in [0.15, 0.2) is 6.10 Å². The third-order valence-electron chi connectivity index (χ3n) is 4.56. The third-order valence-corrected chi connectivity index (χ3v) is 4.56. The lowest BCUT2D eigenvalue weighted by Crippen LogP contribution is -2.35. The highest BCUT2D eigenvalue weighted by Gasteiger charge is 2.38. The largest absolute Gasteiger partial charge is 0.490 e. The Hall–Kier alpha value is -3.41. The maximum absolute atomic E-state index is 12.1. The molecule has 2 atom stereocenters. The molecule has 1 aliphatic heterocycles. The molecule has 2 aromatic rings. The number of rotatable bonds is 6. The molecule has 0 bridgehead atoms. The van der Waals surface area contributed by atoms with Gasteiger partial charge >= 0.3 is 18.1 Å². The van der Waals surface area contributed by atoms with E-state index >= 15 is 0 Å². The molecule has 0 aliphatic carbocycles. The lowest BCUT2D eigenvalue weighted by Gasteiger charge is -2.12. The van der Waals surface area contributed by atoms with Crippen molar-refractivity contribution < 1.29 is 42.5 Å². The summed E-state index contributed by atoms with van der Waals surface area (Å²) in [7, 11) is 0. The van der Waals surface area contributed by atoms with Crippen LogP contribution in [0, 0.1) is 6.92 Å². The number of nitrogens with one attached hydrogen (secondary N) is 1. The van der Waals surface area contributed by atoms with Gasteiger partial charge in [0.25, 0.3) is 0 Å². The van der Waals surface area contributed by atoms with Gasteiger partial charge in [-0.2, -0.15) is 13.2 Å². The van der Waals surface area contributed by atoms with E-state index in [9.17, 15) is 22.8 Å². The van der Waals surface area contributed by atoms with E-state index in [-0.39, 0.29) is 5.91 Å². The Morgan fingerprint density at radius 2 is 1.81 bits per heavy atom. The minimum Gasteiger partial charge on any atom is -0.479 e. The van der Waals surface area contributed by atoms with Crippen LogP contribution in [0.4, 0.5) is 13.2 Å². The summed E-state index contributed by atoms with van der Waals surface area (Å²) in [6.45, 7) is 3.06. The predicted octanol–water partition coefficient (Wildman–Crippen LogP) is 2.12. The third kappa shape index (κ3) is 7.38. The number of imidazole rings is 1. The van der Waals surface area contributed by atoms with Gasteiger partial charge < -0.3 is 24.8 Å². The molecule has 32 heavy (non-hydrogen) atoms. The minimum absolute atomic E-state index is 0.264. The molecule has 174 valence electrons. The molecule has 1 saturated heterocycles. The molecule has 3 rings (SSSR count). The summed E-state index contributed by atoms with van der Waals surface area (Å²) < 4.78 is 39.0. The summed E-state index contributed by atoms with van der Waals surface area (Å²) in [5.74, 6) is -3.09. The van der Waals surface area contributed by atoms with Gasteiger partial charge in [-0.3, -0.25) is 4.79 Å². The highest BCUT2D eigenvalue weighted by atomic mass is 19.4. The molecule has 9 nitrogen and oxygen atoms in total. The van der Waals surface area contributed by atoms with Gasteiger partial charge in [-0.15, -0.1) is 0 Å². The van der Waals surface area contributed by atoms with Gasteiger partial charge in [0, 0.05) is 25.5 Å². The van der Waals surface area contributed by atoms with Crippen LogP contribution in [0.15, 0.2) is 36.7 Å². The Bertz CT molecular complexity index is 960. The molecular formula is C20H22F3N3O6. The number of aryl methyl sites for hydroxylation is 1. The molecule has 0 spiro atoms. The van der Waals surface area contributed by atoms with Gasteiger partial charge in [0.2, 0.25) is 5.91 Å². The van der Waals surface area contributed by atoms with Crippen LogP contribution in [0.25, 0.3) is 0 Å². The van der Waals surface area contributed by atoms with Crippen LogP contribution >= 0.6 is 0 Å². The average Bonchev–Trinajstić information content (AvgIpc) is 3.36. The predicted molar refractivity (Wildman–Crippen MR) is 104 cm³/mol. The maximum Gasteiger partial charge on any atom is 0.490 e. The van der Waals surface area contributed by atoms with Crippen LogP contribution in [0.3, 0.4) is 0 Å². The Kier molecular flexibility index (Phi) is 8.35. The standard InChI is InChI=1S/C18H21N3O4.C2HF3O2/c1-12-19-7-8-21(12)11-14-4-2-3-13(9-14)10-20-17(22)15-5-6-16(25-15)18(23)24;3-2(4,5)1(6)7/h2-4,7-9,15-16H,5-6,10-11H2,1H3,(H,20,22)(H,23,24);(H,6,7)/t15-,16+;/m1./s1. The number of halogens is 3. The highest BCUT2D eigenvalue weighted by molar-refractivity contribution is 5.82. The maximum atomic E-state index is 12.1. The van der Waals surface area contributed by atoms with E-state index in [1.54, 1.807) is 6.20 Å². The summed E-state index contributed by atoms with van der Waals surface area (Å²) in [5, 5.41) is 18.9. The van der Waals surface area contributed by atoms with E-state index in [1.165, 1.54) is 0 Å². The van der Waals surface area contributed by atoms with Crippen molar-refractivity contribution in [3.63, 3.8) is 0 Å². The first kappa shape index (κ1) is 24.9. The zero-order valence-electron chi connectivity index (χ0n) is 17.0.